The van der Waals surface area contributed by atoms with Gasteiger partial charge in [-0.1, -0.05) is 18.2 Å². The van der Waals surface area contributed by atoms with Crippen molar-refractivity contribution in [3.05, 3.63) is 92.4 Å². The zero-order valence-corrected chi connectivity index (χ0v) is 16.5. The second-order valence-corrected chi connectivity index (χ2v) is 7.48. The van der Waals surface area contributed by atoms with E-state index in [1.165, 1.54) is 4.90 Å². The molecule has 2 aromatic carbocycles. The van der Waals surface area contributed by atoms with Crippen LogP contribution in [-0.2, 0) is 11.3 Å². The predicted molar refractivity (Wildman–Crippen MR) is 111 cm³/mol. The lowest BCUT2D eigenvalue weighted by Gasteiger charge is -2.19. The van der Waals surface area contributed by atoms with Crippen LogP contribution in [0.15, 0.2) is 69.6 Å². The van der Waals surface area contributed by atoms with Gasteiger partial charge in [-0.05, 0) is 35.7 Å². The van der Waals surface area contributed by atoms with Crippen LogP contribution in [-0.4, -0.2) is 22.1 Å². The first-order valence-electron chi connectivity index (χ1n) is 8.88. The van der Waals surface area contributed by atoms with Crippen LogP contribution in [0.5, 0.6) is 0 Å². The van der Waals surface area contributed by atoms with Gasteiger partial charge >= 0.3 is 5.69 Å². The van der Waals surface area contributed by atoms with E-state index in [-0.39, 0.29) is 22.4 Å². The Bertz CT molecular complexity index is 1360. The Kier molecular flexibility index (Phi) is 5.04. The number of nitrogens with zero attached hydrogens (tertiary/aromatic N) is 3. The van der Waals surface area contributed by atoms with Crippen molar-refractivity contribution in [3.63, 3.8) is 0 Å². The van der Waals surface area contributed by atoms with E-state index in [0.29, 0.717) is 16.3 Å². The molecule has 4 aromatic rings. The number of amides is 1. The van der Waals surface area contributed by atoms with Crippen LogP contribution in [0.2, 0.25) is 0 Å². The quantitative estimate of drug-likeness (QED) is 0.503. The Morgan fingerprint density at radius 3 is 2.37 bits per heavy atom. The van der Waals surface area contributed by atoms with Gasteiger partial charge in [0.15, 0.2) is 0 Å². The fourth-order valence-corrected chi connectivity index (χ4v) is 4.00. The summed E-state index contributed by atoms with van der Waals surface area (Å²) in [5.41, 5.74) is -0.869. The van der Waals surface area contributed by atoms with Crippen LogP contribution in [0.4, 0.5) is 14.5 Å². The highest BCUT2D eigenvalue weighted by Crippen LogP contribution is 2.18. The number of likely N-dealkylation sites (N-methyl/N-ethyl adjacent to an activating group) is 1. The molecule has 0 fully saturated rings. The minimum Gasteiger partial charge on any atom is -0.314 e. The Balaban J connectivity index is 1.86. The Hall–Kier alpha value is -3.59. The molecule has 1 amide bonds. The van der Waals surface area contributed by atoms with Crippen molar-refractivity contribution in [1.29, 1.82) is 0 Å². The van der Waals surface area contributed by atoms with Gasteiger partial charge in [0, 0.05) is 18.8 Å². The van der Waals surface area contributed by atoms with E-state index < -0.39 is 28.8 Å². The van der Waals surface area contributed by atoms with Crippen molar-refractivity contribution in [2.45, 2.75) is 6.54 Å². The second-order valence-electron chi connectivity index (χ2n) is 6.56. The number of aromatic nitrogens is 2. The van der Waals surface area contributed by atoms with Crippen molar-refractivity contribution < 1.29 is 13.6 Å². The van der Waals surface area contributed by atoms with Crippen molar-refractivity contribution >= 4 is 33.1 Å². The summed E-state index contributed by atoms with van der Waals surface area (Å²) in [7, 11) is 1.57. The number of hydrogen-bond acceptors (Lipinski definition) is 4. The summed E-state index contributed by atoms with van der Waals surface area (Å²) >= 11 is 1.08. The van der Waals surface area contributed by atoms with Crippen molar-refractivity contribution in [3.8, 4) is 5.69 Å². The zero-order valence-electron chi connectivity index (χ0n) is 15.7. The molecule has 30 heavy (non-hydrogen) atoms. The molecule has 0 spiro atoms. The Labute approximate surface area is 172 Å². The lowest BCUT2D eigenvalue weighted by molar-refractivity contribution is -0.118. The number of hydrogen-bond donors (Lipinski definition) is 0. The largest absolute Gasteiger partial charge is 0.336 e. The van der Waals surface area contributed by atoms with Gasteiger partial charge in [0.2, 0.25) is 5.91 Å². The Morgan fingerprint density at radius 1 is 1.03 bits per heavy atom. The number of benzene rings is 2. The molecule has 6 nitrogen and oxygen atoms in total. The molecular formula is C21H15F2N3O3S. The maximum atomic E-state index is 13.7. The summed E-state index contributed by atoms with van der Waals surface area (Å²) in [5.74, 6) is -2.24. The number of carbonyl (C=O) groups excluding carboxylic acids is 1. The number of carbonyl (C=O) groups is 1. The molecule has 0 aliphatic rings. The van der Waals surface area contributed by atoms with Crippen LogP contribution >= 0.6 is 11.3 Å². The van der Waals surface area contributed by atoms with Crippen molar-refractivity contribution in [2.75, 3.05) is 11.9 Å². The Morgan fingerprint density at radius 2 is 1.70 bits per heavy atom. The average molecular weight is 427 g/mol. The van der Waals surface area contributed by atoms with E-state index in [0.717, 1.165) is 28.0 Å². The molecule has 0 N–H and O–H groups in total. The van der Waals surface area contributed by atoms with Crippen LogP contribution in [0, 0.1) is 11.6 Å². The van der Waals surface area contributed by atoms with Crippen molar-refractivity contribution in [2.24, 2.45) is 0 Å². The van der Waals surface area contributed by atoms with Crippen LogP contribution in [0.1, 0.15) is 0 Å². The standard InChI is InChI=1S/C21H15F2N3O3S/c1-24(15-5-3-2-4-6-15)18(27)12-25-17-7-8-30-19(17)20(28)26(21(25)29)16-10-13(22)9-14(23)11-16/h2-11H,12H2,1H3. The summed E-state index contributed by atoms with van der Waals surface area (Å²) < 4.78 is 29.4. The number of fused-ring (bicyclic) bond motifs is 1. The molecule has 2 heterocycles. The SMILES string of the molecule is CN(C(=O)Cn1c(=O)n(-c2cc(F)cc(F)c2)c(=O)c2sccc21)c1ccccc1. The maximum absolute atomic E-state index is 13.7. The fourth-order valence-electron chi connectivity index (χ4n) is 3.17. The number of para-hydroxylation sites is 1. The average Bonchev–Trinajstić information content (AvgIpc) is 3.20. The molecule has 0 radical (unpaired) electrons. The fraction of sp³-hybridized carbons (Fsp3) is 0.0952. The van der Waals surface area contributed by atoms with E-state index in [9.17, 15) is 23.2 Å². The molecule has 0 saturated carbocycles. The van der Waals surface area contributed by atoms with Gasteiger partial charge in [0.25, 0.3) is 5.56 Å². The maximum Gasteiger partial charge on any atom is 0.336 e. The molecule has 2 aromatic heterocycles. The number of halogens is 2. The summed E-state index contributed by atoms with van der Waals surface area (Å²) in [6.45, 7) is -0.352. The topological polar surface area (TPSA) is 64.3 Å². The molecular weight excluding hydrogens is 412 g/mol. The minimum absolute atomic E-state index is 0.203. The summed E-state index contributed by atoms with van der Waals surface area (Å²) in [5, 5.41) is 1.61. The van der Waals surface area contributed by atoms with Gasteiger partial charge in [-0.15, -0.1) is 11.3 Å². The number of thiophene rings is 1. The third kappa shape index (κ3) is 3.43. The normalized spacial score (nSPS) is 11.0. The number of anilines is 1. The van der Waals surface area contributed by atoms with E-state index in [1.54, 1.807) is 42.8 Å². The molecule has 4 rings (SSSR count). The predicted octanol–water partition coefficient (Wildman–Crippen LogP) is 3.16. The summed E-state index contributed by atoms with van der Waals surface area (Å²) in [4.78, 5) is 40.2. The molecule has 0 aliphatic carbocycles. The second kappa shape index (κ2) is 7.68. The van der Waals surface area contributed by atoms with Crippen LogP contribution in [0.25, 0.3) is 15.9 Å². The molecule has 152 valence electrons. The molecule has 0 unspecified atom stereocenters. The highest BCUT2D eigenvalue weighted by molar-refractivity contribution is 7.17. The highest BCUT2D eigenvalue weighted by atomic mass is 32.1. The summed E-state index contributed by atoms with van der Waals surface area (Å²) in [6, 6.07) is 12.9. The highest BCUT2D eigenvalue weighted by Gasteiger charge is 2.20. The van der Waals surface area contributed by atoms with Crippen LogP contribution in [0.3, 0.4) is 0 Å². The van der Waals surface area contributed by atoms with E-state index in [4.69, 9.17) is 0 Å². The van der Waals surface area contributed by atoms with Crippen molar-refractivity contribution in [1.82, 2.24) is 9.13 Å². The van der Waals surface area contributed by atoms with Gasteiger partial charge in [0.05, 0.1) is 11.2 Å². The third-order valence-corrected chi connectivity index (χ3v) is 5.56. The van der Waals surface area contributed by atoms with Gasteiger partial charge in [0.1, 0.15) is 22.9 Å². The molecule has 0 aliphatic heterocycles. The molecule has 9 heteroatoms. The monoisotopic (exact) mass is 427 g/mol. The van der Waals surface area contributed by atoms with Gasteiger partial charge in [-0.25, -0.2) is 18.1 Å². The zero-order chi connectivity index (χ0) is 21.4. The first kappa shape index (κ1) is 19.7. The van der Waals surface area contributed by atoms with Gasteiger partial charge in [-0.2, -0.15) is 0 Å². The van der Waals surface area contributed by atoms with E-state index in [2.05, 4.69) is 0 Å². The van der Waals surface area contributed by atoms with E-state index in [1.807, 2.05) is 6.07 Å². The molecule has 0 atom stereocenters. The van der Waals surface area contributed by atoms with Gasteiger partial charge in [-0.3, -0.25) is 14.2 Å². The lowest BCUT2D eigenvalue weighted by atomic mass is 10.3. The lowest BCUT2D eigenvalue weighted by Crippen LogP contribution is -2.42. The number of rotatable bonds is 4. The smallest absolute Gasteiger partial charge is 0.314 e. The third-order valence-electron chi connectivity index (χ3n) is 4.67. The molecule has 0 saturated heterocycles. The minimum atomic E-state index is -0.922. The first-order valence-corrected chi connectivity index (χ1v) is 9.76. The first-order chi connectivity index (χ1) is 14.4. The van der Waals surface area contributed by atoms with Gasteiger partial charge < -0.3 is 4.90 Å². The van der Waals surface area contributed by atoms with Crippen LogP contribution < -0.4 is 16.1 Å². The van der Waals surface area contributed by atoms with E-state index >= 15 is 0 Å². The summed E-state index contributed by atoms with van der Waals surface area (Å²) in [6.07, 6.45) is 0. The molecule has 0 bridgehead atoms.